The van der Waals surface area contributed by atoms with Gasteiger partial charge in [-0.15, -0.1) is 0 Å². The molecule has 1 saturated heterocycles. The molecule has 1 aromatic rings. The van der Waals surface area contributed by atoms with Gasteiger partial charge in [0.1, 0.15) is 5.56 Å². The van der Waals surface area contributed by atoms with Crippen molar-refractivity contribution in [3.8, 4) is 0 Å². The lowest BCUT2D eigenvalue weighted by Gasteiger charge is -2.26. The topological polar surface area (TPSA) is 118 Å². The molecule has 0 radical (unpaired) electrons. The second-order valence-corrected chi connectivity index (χ2v) is 7.62. The van der Waals surface area contributed by atoms with Crippen LogP contribution in [0, 0.1) is 5.92 Å². The minimum Gasteiger partial charge on any atom is -0.393 e. The number of amides is 1. The van der Waals surface area contributed by atoms with E-state index in [1.54, 1.807) is 13.1 Å². The summed E-state index contributed by atoms with van der Waals surface area (Å²) in [4.78, 5) is 25.5. The SMILES string of the molecule is C[C@@H](COC(F)F)Nc1ncc(C(=O)NC2COC2)c(/N=C\C2CCC(O)CC2)n1. The van der Waals surface area contributed by atoms with Gasteiger partial charge < -0.3 is 25.2 Å². The molecule has 166 valence electrons. The summed E-state index contributed by atoms with van der Waals surface area (Å²) >= 11 is 0. The van der Waals surface area contributed by atoms with E-state index < -0.39 is 12.7 Å². The zero-order valence-electron chi connectivity index (χ0n) is 16.8. The second kappa shape index (κ2) is 10.7. The van der Waals surface area contributed by atoms with Crippen LogP contribution in [0.15, 0.2) is 11.2 Å². The van der Waals surface area contributed by atoms with Crippen LogP contribution in [0.3, 0.4) is 0 Å². The number of aliphatic imine (C=N–C) groups is 1. The largest absolute Gasteiger partial charge is 0.393 e. The van der Waals surface area contributed by atoms with Gasteiger partial charge in [-0.05, 0) is 38.5 Å². The Balaban J connectivity index is 1.72. The van der Waals surface area contributed by atoms with Crippen molar-refractivity contribution in [2.75, 3.05) is 25.1 Å². The first-order valence-corrected chi connectivity index (χ1v) is 10.0. The maximum atomic E-state index is 12.6. The van der Waals surface area contributed by atoms with Crippen molar-refractivity contribution in [2.45, 2.75) is 57.4 Å². The van der Waals surface area contributed by atoms with Crippen LogP contribution in [0.4, 0.5) is 20.5 Å². The van der Waals surface area contributed by atoms with Gasteiger partial charge in [0, 0.05) is 18.5 Å². The van der Waals surface area contributed by atoms with Crippen LogP contribution in [-0.4, -0.2) is 71.8 Å². The monoisotopic (exact) mass is 427 g/mol. The molecule has 2 fully saturated rings. The van der Waals surface area contributed by atoms with Crippen LogP contribution >= 0.6 is 0 Å². The third-order valence-electron chi connectivity index (χ3n) is 4.98. The van der Waals surface area contributed by atoms with E-state index in [0.29, 0.717) is 26.1 Å². The number of nitrogens with one attached hydrogen (secondary N) is 2. The molecule has 2 heterocycles. The molecule has 1 aliphatic carbocycles. The fourth-order valence-electron chi connectivity index (χ4n) is 3.19. The summed E-state index contributed by atoms with van der Waals surface area (Å²) in [7, 11) is 0. The first-order valence-electron chi connectivity index (χ1n) is 10.0. The molecule has 0 spiro atoms. The lowest BCUT2D eigenvalue weighted by atomic mass is 9.88. The van der Waals surface area contributed by atoms with Crippen LogP contribution in [0.1, 0.15) is 43.0 Å². The number of aliphatic hydroxyl groups excluding tert-OH is 1. The van der Waals surface area contributed by atoms with Crippen molar-refractivity contribution in [3.63, 3.8) is 0 Å². The number of carbonyl (C=O) groups excluding carboxylic acids is 1. The van der Waals surface area contributed by atoms with Crippen molar-refractivity contribution in [3.05, 3.63) is 11.8 Å². The van der Waals surface area contributed by atoms with Crippen molar-refractivity contribution in [1.82, 2.24) is 15.3 Å². The summed E-state index contributed by atoms with van der Waals surface area (Å²) in [6, 6.07) is -0.527. The molecule has 1 aromatic heterocycles. The van der Waals surface area contributed by atoms with E-state index in [2.05, 4.69) is 30.3 Å². The molecule has 11 heteroatoms. The summed E-state index contributed by atoms with van der Waals surface area (Å²) < 4.78 is 33.8. The van der Waals surface area contributed by atoms with Gasteiger partial charge in [0.25, 0.3) is 5.91 Å². The van der Waals surface area contributed by atoms with Crippen LogP contribution in [0.5, 0.6) is 0 Å². The number of hydrogen-bond acceptors (Lipinski definition) is 8. The Labute approximate surface area is 173 Å². The number of aromatic nitrogens is 2. The lowest BCUT2D eigenvalue weighted by Crippen LogP contribution is -2.48. The minimum absolute atomic E-state index is 0.0570. The van der Waals surface area contributed by atoms with E-state index in [1.165, 1.54) is 6.20 Å². The van der Waals surface area contributed by atoms with E-state index in [9.17, 15) is 18.7 Å². The van der Waals surface area contributed by atoms with Crippen LogP contribution < -0.4 is 10.6 Å². The van der Waals surface area contributed by atoms with Crippen LogP contribution in [0.25, 0.3) is 0 Å². The highest BCUT2D eigenvalue weighted by molar-refractivity contribution is 5.98. The smallest absolute Gasteiger partial charge is 0.345 e. The molecule has 3 N–H and O–H groups in total. The Hall–Kier alpha value is -2.24. The zero-order chi connectivity index (χ0) is 21.5. The Morgan fingerprint density at radius 1 is 1.40 bits per heavy atom. The molecule has 1 saturated carbocycles. The van der Waals surface area contributed by atoms with Gasteiger partial charge >= 0.3 is 6.61 Å². The number of rotatable bonds is 9. The van der Waals surface area contributed by atoms with E-state index in [-0.39, 0.29) is 47.9 Å². The Kier molecular flexibility index (Phi) is 8.00. The van der Waals surface area contributed by atoms with Crippen molar-refractivity contribution < 1.29 is 28.2 Å². The second-order valence-electron chi connectivity index (χ2n) is 7.62. The van der Waals surface area contributed by atoms with Gasteiger partial charge in [-0.3, -0.25) is 4.79 Å². The van der Waals surface area contributed by atoms with Gasteiger partial charge in [0.15, 0.2) is 5.82 Å². The third kappa shape index (κ3) is 6.64. The summed E-state index contributed by atoms with van der Waals surface area (Å²) in [5, 5.41) is 15.4. The number of carbonyl (C=O) groups is 1. The van der Waals surface area contributed by atoms with Crippen molar-refractivity contribution in [2.24, 2.45) is 10.9 Å². The zero-order valence-corrected chi connectivity index (χ0v) is 16.8. The number of nitrogens with zero attached hydrogens (tertiary/aromatic N) is 3. The normalized spacial score (nSPS) is 23.4. The first kappa shape index (κ1) is 22.4. The predicted molar refractivity (Wildman–Crippen MR) is 105 cm³/mol. The summed E-state index contributed by atoms with van der Waals surface area (Å²) in [5.74, 6) is 0.192. The molecule has 1 atom stereocenters. The van der Waals surface area contributed by atoms with Crippen LogP contribution in [-0.2, 0) is 9.47 Å². The predicted octanol–water partition coefficient (Wildman–Crippen LogP) is 1.90. The summed E-state index contributed by atoms with van der Waals surface area (Å²) in [5.41, 5.74) is 0.219. The molecular formula is C19H27F2N5O4. The fourth-order valence-corrected chi connectivity index (χ4v) is 3.19. The standard InChI is InChI=1S/C19H27F2N5O4/c1-11(8-30-18(20)21)24-19-23-7-15(17(28)25-13-9-29-10-13)16(26-19)22-6-12-2-4-14(27)5-3-12/h6-7,11-14,18,27H,2-5,8-10H2,1H3,(H,25,28)(H,23,24,26)/b22-6-/t11-,12?,14?/m0/s1. The fraction of sp³-hybridized carbons (Fsp3) is 0.684. The molecule has 3 rings (SSSR count). The molecule has 1 aliphatic heterocycles. The van der Waals surface area contributed by atoms with Gasteiger partial charge in [-0.2, -0.15) is 13.8 Å². The third-order valence-corrected chi connectivity index (χ3v) is 4.98. The van der Waals surface area contributed by atoms with Gasteiger partial charge in [0.2, 0.25) is 5.95 Å². The minimum atomic E-state index is -2.86. The maximum absolute atomic E-state index is 12.6. The van der Waals surface area contributed by atoms with E-state index in [0.717, 1.165) is 12.8 Å². The van der Waals surface area contributed by atoms with Crippen LogP contribution in [0.2, 0.25) is 0 Å². The van der Waals surface area contributed by atoms with E-state index in [1.807, 2.05) is 0 Å². The molecule has 30 heavy (non-hydrogen) atoms. The first-order chi connectivity index (χ1) is 14.4. The van der Waals surface area contributed by atoms with E-state index in [4.69, 9.17) is 4.74 Å². The Bertz CT molecular complexity index is 740. The maximum Gasteiger partial charge on any atom is 0.345 e. The summed E-state index contributed by atoms with van der Waals surface area (Å²) in [6.45, 7) is -0.521. The summed E-state index contributed by atoms with van der Waals surface area (Å²) in [6.07, 6.45) is 5.89. The van der Waals surface area contributed by atoms with E-state index >= 15 is 0 Å². The molecular weight excluding hydrogens is 400 g/mol. The molecule has 0 unspecified atom stereocenters. The quantitative estimate of drug-likeness (QED) is 0.515. The van der Waals surface area contributed by atoms with Gasteiger partial charge in [0.05, 0.1) is 32.0 Å². The number of hydrogen-bond donors (Lipinski definition) is 3. The Morgan fingerprint density at radius 3 is 2.77 bits per heavy atom. The highest BCUT2D eigenvalue weighted by Crippen LogP contribution is 2.25. The Morgan fingerprint density at radius 2 is 2.13 bits per heavy atom. The number of ether oxygens (including phenoxy) is 2. The van der Waals surface area contributed by atoms with Gasteiger partial charge in [-0.1, -0.05) is 0 Å². The highest BCUT2D eigenvalue weighted by Gasteiger charge is 2.24. The molecule has 0 aromatic carbocycles. The molecule has 1 amide bonds. The molecule has 0 bridgehead atoms. The highest BCUT2D eigenvalue weighted by atomic mass is 19.3. The number of halogens is 2. The number of aliphatic hydroxyl groups is 1. The van der Waals surface area contributed by atoms with Crippen molar-refractivity contribution >= 4 is 23.9 Å². The average molecular weight is 427 g/mol. The molecule has 9 nitrogen and oxygen atoms in total. The van der Waals surface area contributed by atoms with Crippen molar-refractivity contribution in [1.29, 1.82) is 0 Å². The number of alkyl halides is 2. The van der Waals surface area contributed by atoms with Gasteiger partial charge in [-0.25, -0.2) is 9.98 Å². The lowest BCUT2D eigenvalue weighted by molar-refractivity contribution is -0.130. The average Bonchev–Trinajstić information content (AvgIpc) is 2.68. The molecule has 2 aliphatic rings. The number of anilines is 1.